The maximum absolute atomic E-state index is 12.9. The van der Waals surface area contributed by atoms with Gasteiger partial charge in [-0.1, -0.05) is 41.5 Å². The molecule has 34 heavy (non-hydrogen) atoms. The number of carbonyl (C=O) groups excluding carboxylic acids is 3. The Labute approximate surface area is 207 Å². The summed E-state index contributed by atoms with van der Waals surface area (Å²) in [6.07, 6.45) is -1.97. The monoisotopic (exact) mass is 510 g/mol. The average molecular weight is 511 g/mol. The number of hydrogen-bond donors (Lipinski definition) is 7. The molecule has 12 nitrogen and oxygen atoms in total. The van der Waals surface area contributed by atoms with Crippen molar-refractivity contribution in [3.63, 3.8) is 0 Å². The van der Waals surface area contributed by atoms with Gasteiger partial charge in [-0.2, -0.15) is 0 Å². The van der Waals surface area contributed by atoms with Crippen LogP contribution in [0.25, 0.3) is 0 Å². The molecule has 198 valence electrons. The van der Waals surface area contributed by atoms with E-state index >= 15 is 0 Å². The van der Waals surface area contributed by atoms with E-state index in [0.29, 0.717) is 6.42 Å². The van der Waals surface area contributed by atoms with Gasteiger partial charge in [0, 0.05) is 6.04 Å². The Morgan fingerprint density at radius 3 is 1.56 bits per heavy atom. The van der Waals surface area contributed by atoms with Crippen LogP contribution in [0.4, 0.5) is 0 Å². The average Bonchev–Trinajstić information content (AvgIpc) is 2.66. The zero-order chi connectivity index (χ0) is 26.0. The number of rotatable bonds is 14. The van der Waals surface area contributed by atoms with Crippen LogP contribution >= 0.6 is 0 Å². The summed E-state index contributed by atoms with van der Waals surface area (Å²) in [4.78, 5) is 60.0. The van der Waals surface area contributed by atoms with Gasteiger partial charge in [-0.25, -0.2) is 4.79 Å². The van der Waals surface area contributed by atoms with Crippen molar-refractivity contribution in [2.45, 2.75) is 84.7 Å². The Kier molecular flexibility index (Phi) is 15.3. The number of aliphatic hydroxyl groups excluding tert-OH is 1. The molecule has 0 aromatic heterocycles. The second-order valence-corrected chi connectivity index (χ2v) is 9.20. The number of nitrogens with one attached hydrogen (secondary N) is 3. The van der Waals surface area contributed by atoms with Crippen molar-refractivity contribution in [2.75, 3.05) is 0 Å². The number of aliphatic hydroxyl groups is 1. The summed E-state index contributed by atoms with van der Waals surface area (Å²) in [7, 11) is 0. The SMILES string of the molecule is CC(C)C[C@@H](N)[C@H](O)C(=O)N[C@H](C(=O)N[C@H](C(=O)N[C@@H](CC(=O)O)C(=O)O)C(C)C)C(C)C.[Cl-].[H+]. The Hall–Kier alpha value is -2.44. The predicted molar refractivity (Wildman–Crippen MR) is 120 cm³/mol. The van der Waals surface area contributed by atoms with E-state index < -0.39 is 78.2 Å². The third kappa shape index (κ3) is 11.6. The topological polar surface area (TPSA) is 208 Å². The van der Waals surface area contributed by atoms with Crippen LogP contribution in [0.3, 0.4) is 0 Å². The maximum Gasteiger partial charge on any atom is 1.00 e. The molecule has 0 unspecified atom stereocenters. The lowest BCUT2D eigenvalue weighted by atomic mass is 9.97. The predicted octanol–water partition coefficient (Wildman–Crippen LogP) is -3.84. The molecule has 8 N–H and O–H groups in total. The van der Waals surface area contributed by atoms with Gasteiger partial charge in [-0.15, -0.1) is 0 Å². The number of amides is 3. The number of hydrogen-bond acceptors (Lipinski definition) is 7. The first-order chi connectivity index (χ1) is 15.1. The van der Waals surface area contributed by atoms with Crippen LogP contribution in [0, 0.1) is 17.8 Å². The van der Waals surface area contributed by atoms with Crippen molar-refractivity contribution >= 4 is 29.7 Å². The highest BCUT2D eigenvalue weighted by molar-refractivity contribution is 5.94. The molecule has 0 aromatic carbocycles. The minimum atomic E-state index is -1.67. The summed E-state index contributed by atoms with van der Waals surface area (Å²) in [6, 6.07) is -4.80. The summed E-state index contributed by atoms with van der Waals surface area (Å²) >= 11 is 0. The number of aliphatic carboxylic acids is 2. The molecule has 0 saturated carbocycles. The first-order valence-corrected chi connectivity index (χ1v) is 10.9. The van der Waals surface area contributed by atoms with Gasteiger partial charge < -0.3 is 49.4 Å². The molecule has 13 heteroatoms. The molecular formula is C21H39ClN4O8. The minimum absolute atomic E-state index is 0. The molecule has 0 aliphatic heterocycles. The van der Waals surface area contributed by atoms with E-state index in [4.69, 9.17) is 15.9 Å². The number of carboxylic acids is 2. The third-order valence-electron chi connectivity index (χ3n) is 4.90. The summed E-state index contributed by atoms with van der Waals surface area (Å²) in [5, 5.41) is 35.2. The Bertz CT molecular complexity index is 723. The van der Waals surface area contributed by atoms with Gasteiger partial charge in [0.2, 0.25) is 11.8 Å². The lowest BCUT2D eigenvalue weighted by molar-refractivity contribution is -0.147. The molecular weight excluding hydrogens is 472 g/mol. The van der Waals surface area contributed by atoms with Gasteiger partial charge in [-0.05, 0) is 24.2 Å². The lowest BCUT2D eigenvalue weighted by Crippen LogP contribution is -3.00. The molecule has 0 heterocycles. The molecule has 5 atom stereocenters. The van der Waals surface area contributed by atoms with E-state index in [1.807, 2.05) is 13.8 Å². The van der Waals surface area contributed by atoms with Crippen molar-refractivity contribution in [2.24, 2.45) is 23.5 Å². The highest BCUT2D eigenvalue weighted by Gasteiger charge is 2.34. The van der Waals surface area contributed by atoms with Crippen LogP contribution in [-0.4, -0.2) is 75.3 Å². The number of nitrogens with two attached hydrogens (primary N) is 1. The second kappa shape index (κ2) is 15.5. The van der Waals surface area contributed by atoms with Gasteiger partial charge in [0.25, 0.3) is 5.91 Å². The third-order valence-corrected chi connectivity index (χ3v) is 4.90. The van der Waals surface area contributed by atoms with E-state index in [2.05, 4.69) is 16.0 Å². The quantitative estimate of drug-likeness (QED) is 0.122. The van der Waals surface area contributed by atoms with E-state index in [1.165, 1.54) is 0 Å². The summed E-state index contributed by atoms with van der Waals surface area (Å²) in [6.45, 7) is 10.3. The van der Waals surface area contributed by atoms with Gasteiger partial charge in [0.15, 0.2) is 0 Å². The first kappa shape index (κ1) is 33.7. The van der Waals surface area contributed by atoms with E-state index in [9.17, 15) is 29.1 Å². The summed E-state index contributed by atoms with van der Waals surface area (Å²) in [5.74, 6) is -6.12. The van der Waals surface area contributed by atoms with Crippen molar-refractivity contribution in [3.05, 3.63) is 0 Å². The zero-order valence-corrected chi connectivity index (χ0v) is 21.1. The minimum Gasteiger partial charge on any atom is -1.00 e. The molecule has 3 amide bonds. The molecule has 0 aliphatic carbocycles. The largest absolute Gasteiger partial charge is 1.00 e. The molecule has 0 spiro atoms. The van der Waals surface area contributed by atoms with Crippen LogP contribution in [0.15, 0.2) is 0 Å². The Morgan fingerprint density at radius 2 is 1.21 bits per heavy atom. The van der Waals surface area contributed by atoms with Crippen LogP contribution in [0.2, 0.25) is 0 Å². The maximum atomic E-state index is 12.9. The van der Waals surface area contributed by atoms with Crippen LogP contribution in [0.5, 0.6) is 0 Å². The molecule has 0 aliphatic rings. The van der Waals surface area contributed by atoms with Crippen LogP contribution in [-0.2, 0) is 24.0 Å². The van der Waals surface area contributed by atoms with Crippen molar-refractivity contribution in [1.82, 2.24) is 16.0 Å². The van der Waals surface area contributed by atoms with Gasteiger partial charge in [0.1, 0.15) is 24.2 Å². The van der Waals surface area contributed by atoms with Crippen LogP contribution in [0.1, 0.15) is 55.8 Å². The second-order valence-electron chi connectivity index (χ2n) is 9.20. The van der Waals surface area contributed by atoms with Crippen LogP contribution < -0.4 is 34.1 Å². The van der Waals surface area contributed by atoms with Crippen molar-refractivity contribution in [1.29, 1.82) is 0 Å². The Morgan fingerprint density at radius 1 is 0.794 bits per heavy atom. The standard InChI is InChI=1S/C21H38N4O8.ClH/c1-9(2)7-12(22)17(28)20(31)25-16(11(5)6)19(30)24-15(10(3)4)18(29)23-13(21(32)33)8-14(26)27;/h9-13,15-17,28H,7-8,22H2,1-6H3,(H,23,29)(H,24,30)(H,25,31)(H,26,27)(H,32,33);1H/t12-,13+,15+,16+,17+;/m1./s1. The van der Waals surface area contributed by atoms with Crippen molar-refractivity contribution in [3.8, 4) is 0 Å². The summed E-state index contributed by atoms with van der Waals surface area (Å²) < 4.78 is 0. The smallest absolute Gasteiger partial charge is 1.00 e. The Balaban J connectivity index is -0.00000512. The molecule has 0 radical (unpaired) electrons. The van der Waals surface area contributed by atoms with Gasteiger partial charge >= 0.3 is 13.4 Å². The van der Waals surface area contributed by atoms with E-state index in [0.717, 1.165) is 0 Å². The number of carbonyl (C=O) groups is 5. The molecule has 0 saturated heterocycles. The molecule has 0 rings (SSSR count). The fourth-order valence-electron chi connectivity index (χ4n) is 3.06. The highest BCUT2D eigenvalue weighted by Crippen LogP contribution is 2.10. The van der Waals surface area contributed by atoms with Gasteiger partial charge in [-0.3, -0.25) is 19.2 Å². The fraction of sp³-hybridized carbons (Fsp3) is 0.762. The van der Waals surface area contributed by atoms with Gasteiger partial charge in [0.05, 0.1) is 6.42 Å². The lowest BCUT2D eigenvalue weighted by Gasteiger charge is -2.29. The van der Waals surface area contributed by atoms with E-state index in [-0.39, 0.29) is 19.8 Å². The van der Waals surface area contributed by atoms with Crippen molar-refractivity contribution < 1.29 is 53.1 Å². The number of halogens is 1. The number of carboxylic acid groups (broad SMARTS) is 2. The normalized spacial score (nSPS) is 15.5. The fourth-order valence-corrected chi connectivity index (χ4v) is 3.06. The van der Waals surface area contributed by atoms with E-state index in [1.54, 1.807) is 27.7 Å². The molecule has 0 aromatic rings. The highest BCUT2D eigenvalue weighted by atomic mass is 35.5. The summed E-state index contributed by atoms with van der Waals surface area (Å²) in [5.41, 5.74) is 5.86. The molecule has 0 fully saturated rings. The first-order valence-electron chi connectivity index (χ1n) is 10.9. The zero-order valence-electron chi connectivity index (χ0n) is 21.4. The molecule has 0 bridgehead atoms.